The van der Waals surface area contributed by atoms with Crippen LogP contribution in [-0.2, 0) is 4.74 Å². The van der Waals surface area contributed by atoms with Crippen LogP contribution in [0.15, 0.2) is 4.99 Å². The number of ether oxygens (including phenoxy) is 1. The number of halogens is 1. The van der Waals surface area contributed by atoms with E-state index in [9.17, 15) is 4.79 Å². The van der Waals surface area contributed by atoms with Gasteiger partial charge in [0.15, 0.2) is 5.96 Å². The predicted octanol–water partition coefficient (Wildman–Crippen LogP) is 2.90. The molecule has 0 atom stereocenters. The molecule has 0 saturated carbocycles. The van der Waals surface area contributed by atoms with Crippen LogP contribution in [0, 0.1) is 0 Å². The van der Waals surface area contributed by atoms with Gasteiger partial charge < -0.3 is 25.2 Å². The van der Waals surface area contributed by atoms with Crippen molar-refractivity contribution in [2.24, 2.45) is 4.99 Å². The highest BCUT2D eigenvalue weighted by atomic mass is 127. The van der Waals surface area contributed by atoms with E-state index in [1.807, 2.05) is 6.92 Å². The van der Waals surface area contributed by atoms with Crippen LogP contribution in [0.5, 0.6) is 0 Å². The highest BCUT2D eigenvalue weighted by molar-refractivity contribution is 14.0. The number of hydrogen-bond donors (Lipinski definition) is 2. The summed E-state index contributed by atoms with van der Waals surface area (Å²) in [5.41, 5.74) is 0. The van der Waals surface area contributed by atoms with E-state index in [0.29, 0.717) is 18.7 Å². The summed E-state index contributed by atoms with van der Waals surface area (Å²) < 4.78 is 5.07. The van der Waals surface area contributed by atoms with Crippen LogP contribution in [0.3, 0.4) is 0 Å². The van der Waals surface area contributed by atoms with Crippen molar-refractivity contribution in [3.8, 4) is 0 Å². The van der Waals surface area contributed by atoms with Crippen molar-refractivity contribution < 1.29 is 9.53 Å². The number of guanidine groups is 1. The van der Waals surface area contributed by atoms with Gasteiger partial charge in [-0.1, -0.05) is 0 Å². The third-order valence-corrected chi connectivity index (χ3v) is 4.78. The number of likely N-dealkylation sites (tertiary alicyclic amines) is 1. The molecule has 0 aromatic heterocycles. The van der Waals surface area contributed by atoms with E-state index in [-0.39, 0.29) is 30.1 Å². The molecule has 0 aromatic rings. The average molecular weight is 497 g/mol. The van der Waals surface area contributed by atoms with Crippen molar-refractivity contribution >= 4 is 36.0 Å². The van der Waals surface area contributed by atoms with Gasteiger partial charge in [-0.05, 0) is 67.0 Å². The molecule has 2 N–H and O–H groups in total. The monoisotopic (exact) mass is 497 g/mol. The van der Waals surface area contributed by atoms with Gasteiger partial charge in [0.05, 0.1) is 6.61 Å². The molecule has 0 aromatic carbocycles. The van der Waals surface area contributed by atoms with Crippen molar-refractivity contribution in [3.63, 3.8) is 0 Å². The summed E-state index contributed by atoms with van der Waals surface area (Å²) in [4.78, 5) is 20.6. The third-order valence-electron chi connectivity index (χ3n) is 4.78. The van der Waals surface area contributed by atoms with E-state index < -0.39 is 0 Å². The Morgan fingerprint density at radius 3 is 2.48 bits per heavy atom. The molecule has 0 spiro atoms. The Morgan fingerprint density at radius 1 is 1.26 bits per heavy atom. The number of piperidine rings is 1. The molecule has 8 heteroatoms. The lowest BCUT2D eigenvalue weighted by Crippen LogP contribution is -2.49. The first-order valence-corrected chi connectivity index (χ1v) is 10.1. The SMILES string of the molecule is CCNC(=NCCCCN(C)C(C)C)NC1CCN(C(=O)OCC)CC1.I. The molecule has 0 radical (unpaired) electrons. The van der Waals surface area contributed by atoms with Crippen LogP contribution in [0.4, 0.5) is 4.79 Å². The molecule has 1 aliphatic heterocycles. The maximum atomic E-state index is 11.8. The molecule has 1 saturated heterocycles. The van der Waals surface area contributed by atoms with Gasteiger partial charge in [-0.15, -0.1) is 24.0 Å². The Morgan fingerprint density at radius 2 is 1.93 bits per heavy atom. The summed E-state index contributed by atoms with van der Waals surface area (Å²) in [6, 6.07) is 0.948. The van der Waals surface area contributed by atoms with Gasteiger partial charge in [-0.2, -0.15) is 0 Å². The van der Waals surface area contributed by atoms with Gasteiger partial charge in [0.25, 0.3) is 0 Å². The smallest absolute Gasteiger partial charge is 0.409 e. The summed E-state index contributed by atoms with van der Waals surface area (Å²) in [6.45, 7) is 13.1. The Hall–Kier alpha value is -0.770. The van der Waals surface area contributed by atoms with Crippen LogP contribution in [0.2, 0.25) is 0 Å². The van der Waals surface area contributed by atoms with E-state index in [4.69, 9.17) is 9.73 Å². The van der Waals surface area contributed by atoms with Crippen LogP contribution >= 0.6 is 24.0 Å². The van der Waals surface area contributed by atoms with Gasteiger partial charge in [-0.3, -0.25) is 4.99 Å². The molecule has 1 aliphatic rings. The minimum Gasteiger partial charge on any atom is -0.450 e. The summed E-state index contributed by atoms with van der Waals surface area (Å²) in [5, 5.41) is 6.84. The molecule has 27 heavy (non-hydrogen) atoms. The van der Waals surface area contributed by atoms with Crippen LogP contribution in [0.25, 0.3) is 0 Å². The molecule has 7 nitrogen and oxygen atoms in total. The lowest BCUT2D eigenvalue weighted by Gasteiger charge is -2.32. The van der Waals surface area contributed by atoms with Crippen molar-refractivity contribution in [1.29, 1.82) is 0 Å². The second kappa shape index (κ2) is 15.2. The van der Waals surface area contributed by atoms with Gasteiger partial charge in [0.1, 0.15) is 0 Å². The first kappa shape index (κ1) is 26.2. The van der Waals surface area contributed by atoms with Crippen LogP contribution in [0.1, 0.15) is 53.4 Å². The fraction of sp³-hybridized carbons (Fsp3) is 0.895. The molecular formula is C19H40IN5O2. The third kappa shape index (κ3) is 11.0. The second-order valence-corrected chi connectivity index (χ2v) is 7.15. The average Bonchev–Trinajstić information content (AvgIpc) is 2.62. The largest absolute Gasteiger partial charge is 0.450 e. The highest BCUT2D eigenvalue weighted by Gasteiger charge is 2.23. The van der Waals surface area contributed by atoms with Gasteiger partial charge in [0.2, 0.25) is 0 Å². The molecule has 1 amide bonds. The number of unbranched alkanes of at least 4 members (excludes halogenated alkanes) is 1. The van der Waals surface area contributed by atoms with Crippen molar-refractivity contribution in [2.45, 2.75) is 65.5 Å². The first-order chi connectivity index (χ1) is 12.5. The first-order valence-electron chi connectivity index (χ1n) is 10.1. The summed E-state index contributed by atoms with van der Waals surface area (Å²) in [6.07, 6.45) is 3.90. The lowest BCUT2D eigenvalue weighted by atomic mass is 10.1. The van der Waals surface area contributed by atoms with Gasteiger partial charge in [0, 0.05) is 38.3 Å². The molecule has 1 heterocycles. The van der Waals surface area contributed by atoms with E-state index >= 15 is 0 Å². The van der Waals surface area contributed by atoms with Crippen molar-refractivity contribution in [2.75, 3.05) is 46.4 Å². The zero-order valence-corrected chi connectivity index (χ0v) is 20.1. The minimum atomic E-state index is -0.196. The van der Waals surface area contributed by atoms with Gasteiger partial charge in [-0.25, -0.2) is 4.79 Å². The Kier molecular flexibility index (Phi) is 14.8. The van der Waals surface area contributed by atoms with E-state index in [1.54, 1.807) is 4.90 Å². The number of nitrogens with one attached hydrogen (secondary N) is 2. The molecule has 1 rings (SSSR count). The number of rotatable bonds is 9. The standard InChI is InChI=1S/C19H39N5O2.HI/c1-6-20-18(21-12-8-9-13-23(5)16(3)4)22-17-10-14-24(15-11-17)19(25)26-7-2;/h16-17H,6-15H2,1-5H3,(H2,20,21,22);1H. The quantitative estimate of drug-likeness (QED) is 0.222. The summed E-state index contributed by atoms with van der Waals surface area (Å²) >= 11 is 0. The molecule has 1 fully saturated rings. The van der Waals surface area contributed by atoms with Crippen molar-refractivity contribution in [1.82, 2.24) is 20.4 Å². The summed E-state index contributed by atoms with van der Waals surface area (Å²) in [7, 11) is 2.17. The van der Waals surface area contributed by atoms with E-state index in [0.717, 1.165) is 64.4 Å². The maximum Gasteiger partial charge on any atom is 0.409 e. The van der Waals surface area contributed by atoms with Gasteiger partial charge >= 0.3 is 6.09 Å². The molecular weight excluding hydrogens is 457 g/mol. The fourth-order valence-corrected chi connectivity index (χ4v) is 2.86. The van der Waals surface area contributed by atoms with Crippen molar-refractivity contribution in [3.05, 3.63) is 0 Å². The minimum absolute atomic E-state index is 0. The molecule has 0 unspecified atom stereocenters. The lowest BCUT2D eigenvalue weighted by molar-refractivity contribution is 0.0963. The molecule has 160 valence electrons. The maximum absolute atomic E-state index is 11.8. The molecule has 0 bridgehead atoms. The number of carbonyl (C=O) groups is 1. The Bertz CT molecular complexity index is 426. The number of nitrogens with zero attached hydrogens (tertiary/aromatic N) is 3. The number of aliphatic imine (C=N–C) groups is 1. The summed E-state index contributed by atoms with van der Waals surface area (Å²) in [5.74, 6) is 0.888. The Balaban J connectivity index is 0.00000676. The van der Waals surface area contributed by atoms with Crippen LogP contribution < -0.4 is 10.6 Å². The number of hydrogen-bond acceptors (Lipinski definition) is 4. The van der Waals surface area contributed by atoms with E-state index in [2.05, 4.69) is 43.4 Å². The number of amides is 1. The zero-order valence-electron chi connectivity index (χ0n) is 17.8. The van der Waals surface area contributed by atoms with Crippen LogP contribution in [-0.4, -0.2) is 80.3 Å². The normalized spacial score (nSPS) is 15.7. The highest BCUT2D eigenvalue weighted by Crippen LogP contribution is 2.11. The number of carbonyl (C=O) groups excluding carboxylic acids is 1. The Labute approximate surface area is 182 Å². The fourth-order valence-electron chi connectivity index (χ4n) is 2.86. The zero-order chi connectivity index (χ0) is 19.4. The topological polar surface area (TPSA) is 69.2 Å². The molecule has 0 aliphatic carbocycles. The van der Waals surface area contributed by atoms with E-state index in [1.165, 1.54) is 0 Å². The predicted molar refractivity (Wildman–Crippen MR) is 123 cm³/mol. The second-order valence-electron chi connectivity index (χ2n) is 7.15.